The zero-order valence-electron chi connectivity index (χ0n) is 14.7. The molecule has 2 nitrogen and oxygen atoms in total. The summed E-state index contributed by atoms with van der Waals surface area (Å²) in [6.07, 6.45) is 12.8. The van der Waals surface area contributed by atoms with Gasteiger partial charge in [-0.15, -0.1) is 0 Å². The highest BCUT2D eigenvalue weighted by atomic mass is 15.2. The van der Waals surface area contributed by atoms with Gasteiger partial charge in [-0.3, -0.25) is 4.90 Å². The fourth-order valence-corrected chi connectivity index (χ4v) is 4.72. The molecular formula is C19H38N2. The van der Waals surface area contributed by atoms with Gasteiger partial charge in [0.25, 0.3) is 0 Å². The van der Waals surface area contributed by atoms with Gasteiger partial charge in [-0.05, 0) is 70.0 Å². The molecule has 0 aromatic rings. The molecule has 1 aliphatic heterocycles. The van der Waals surface area contributed by atoms with Gasteiger partial charge in [0.05, 0.1) is 0 Å². The predicted molar refractivity (Wildman–Crippen MR) is 92.7 cm³/mol. The number of likely N-dealkylation sites (tertiary alicyclic amines) is 1. The van der Waals surface area contributed by atoms with Gasteiger partial charge in [0, 0.05) is 12.1 Å². The Morgan fingerprint density at radius 1 is 0.952 bits per heavy atom. The van der Waals surface area contributed by atoms with Crippen molar-refractivity contribution in [2.75, 3.05) is 19.6 Å². The second kappa shape index (κ2) is 9.15. The van der Waals surface area contributed by atoms with Crippen LogP contribution in [-0.2, 0) is 0 Å². The van der Waals surface area contributed by atoms with Gasteiger partial charge in [0.1, 0.15) is 0 Å². The van der Waals surface area contributed by atoms with Gasteiger partial charge >= 0.3 is 0 Å². The van der Waals surface area contributed by atoms with Gasteiger partial charge in [0.2, 0.25) is 0 Å². The van der Waals surface area contributed by atoms with E-state index in [4.69, 9.17) is 0 Å². The fourth-order valence-electron chi connectivity index (χ4n) is 4.72. The van der Waals surface area contributed by atoms with Crippen LogP contribution in [-0.4, -0.2) is 36.6 Å². The highest BCUT2D eigenvalue weighted by molar-refractivity contribution is 4.91. The van der Waals surface area contributed by atoms with E-state index in [2.05, 4.69) is 31.0 Å². The molecule has 21 heavy (non-hydrogen) atoms. The second-order valence-electron chi connectivity index (χ2n) is 7.44. The molecule has 2 rings (SSSR count). The molecule has 4 unspecified atom stereocenters. The molecule has 124 valence electrons. The first-order valence-electron chi connectivity index (χ1n) is 9.75. The van der Waals surface area contributed by atoms with Crippen LogP contribution in [0.3, 0.4) is 0 Å². The van der Waals surface area contributed by atoms with E-state index in [-0.39, 0.29) is 0 Å². The third-order valence-electron chi connectivity index (χ3n) is 6.02. The quantitative estimate of drug-likeness (QED) is 0.779. The summed E-state index contributed by atoms with van der Waals surface area (Å²) in [5.41, 5.74) is 0. The maximum Gasteiger partial charge on any atom is 0.0251 e. The minimum Gasteiger partial charge on any atom is -0.313 e. The summed E-state index contributed by atoms with van der Waals surface area (Å²) in [6, 6.07) is 1.56. The molecule has 0 aromatic heterocycles. The Bertz CT molecular complexity index is 279. The number of hydrogen-bond donors (Lipinski definition) is 1. The van der Waals surface area contributed by atoms with Crippen molar-refractivity contribution in [2.24, 2.45) is 11.8 Å². The number of hydrogen-bond acceptors (Lipinski definition) is 2. The van der Waals surface area contributed by atoms with E-state index in [9.17, 15) is 0 Å². The van der Waals surface area contributed by atoms with Crippen LogP contribution in [0.2, 0.25) is 0 Å². The average Bonchev–Trinajstić information content (AvgIpc) is 2.74. The molecule has 0 radical (unpaired) electrons. The Morgan fingerprint density at radius 3 is 2.52 bits per heavy atom. The van der Waals surface area contributed by atoms with Gasteiger partial charge in [-0.25, -0.2) is 0 Å². The number of nitrogens with one attached hydrogen (secondary N) is 1. The topological polar surface area (TPSA) is 15.3 Å². The van der Waals surface area contributed by atoms with Crippen LogP contribution in [0.25, 0.3) is 0 Å². The van der Waals surface area contributed by atoms with E-state index in [0.717, 1.165) is 30.5 Å². The lowest BCUT2D eigenvalue weighted by molar-refractivity contribution is 0.0978. The maximum atomic E-state index is 3.79. The average molecular weight is 295 g/mol. The molecule has 4 atom stereocenters. The SMILES string of the molecule is CCCC1CCCN(C2CC(CC)CCC2NCC)CC1. The lowest BCUT2D eigenvalue weighted by Gasteiger charge is -2.43. The third-order valence-corrected chi connectivity index (χ3v) is 6.02. The Morgan fingerprint density at radius 2 is 1.81 bits per heavy atom. The van der Waals surface area contributed by atoms with Crippen molar-refractivity contribution < 1.29 is 0 Å². The van der Waals surface area contributed by atoms with E-state index in [1.165, 1.54) is 70.9 Å². The van der Waals surface area contributed by atoms with E-state index < -0.39 is 0 Å². The molecule has 1 N–H and O–H groups in total. The summed E-state index contributed by atoms with van der Waals surface area (Å²) >= 11 is 0. The first-order chi connectivity index (χ1) is 10.3. The molecule has 2 aliphatic rings. The van der Waals surface area contributed by atoms with E-state index in [1.807, 2.05) is 0 Å². The Balaban J connectivity index is 1.94. The normalized spacial score (nSPS) is 35.6. The van der Waals surface area contributed by atoms with Crippen molar-refractivity contribution >= 4 is 0 Å². The van der Waals surface area contributed by atoms with Crippen LogP contribution in [0.4, 0.5) is 0 Å². The Hall–Kier alpha value is -0.0800. The van der Waals surface area contributed by atoms with Crippen LogP contribution in [0.5, 0.6) is 0 Å². The highest BCUT2D eigenvalue weighted by Gasteiger charge is 2.34. The summed E-state index contributed by atoms with van der Waals surface area (Å²) in [5.74, 6) is 1.97. The molecular weight excluding hydrogens is 256 g/mol. The third kappa shape index (κ3) is 4.96. The summed E-state index contributed by atoms with van der Waals surface area (Å²) in [6.45, 7) is 10.8. The largest absolute Gasteiger partial charge is 0.313 e. The summed E-state index contributed by atoms with van der Waals surface area (Å²) in [4.78, 5) is 2.87. The highest BCUT2D eigenvalue weighted by Crippen LogP contribution is 2.32. The monoisotopic (exact) mass is 294 g/mol. The molecule has 1 heterocycles. The fraction of sp³-hybridized carbons (Fsp3) is 1.00. The zero-order valence-corrected chi connectivity index (χ0v) is 14.7. The van der Waals surface area contributed by atoms with Crippen molar-refractivity contribution in [3.8, 4) is 0 Å². The van der Waals surface area contributed by atoms with Gasteiger partial charge < -0.3 is 5.32 Å². The number of nitrogens with zero attached hydrogens (tertiary/aromatic N) is 1. The molecule has 0 amide bonds. The van der Waals surface area contributed by atoms with Crippen LogP contribution < -0.4 is 5.32 Å². The first kappa shape index (κ1) is 17.3. The van der Waals surface area contributed by atoms with Crippen molar-refractivity contribution in [1.29, 1.82) is 0 Å². The molecule has 2 heteroatoms. The maximum absolute atomic E-state index is 3.79. The molecule has 2 fully saturated rings. The lowest BCUT2D eigenvalue weighted by Crippen LogP contribution is -2.53. The Kier molecular flexibility index (Phi) is 7.53. The van der Waals surface area contributed by atoms with E-state index in [1.54, 1.807) is 0 Å². The molecule has 1 saturated carbocycles. The van der Waals surface area contributed by atoms with Crippen molar-refractivity contribution in [2.45, 2.75) is 90.6 Å². The number of rotatable bonds is 6. The van der Waals surface area contributed by atoms with Crippen LogP contribution in [0.1, 0.15) is 78.6 Å². The summed E-state index contributed by atoms with van der Waals surface area (Å²) < 4.78 is 0. The summed E-state index contributed by atoms with van der Waals surface area (Å²) in [7, 11) is 0. The second-order valence-corrected chi connectivity index (χ2v) is 7.44. The lowest BCUT2D eigenvalue weighted by atomic mass is 9.80. The van der Waals surface area contributed by atoms with Crippen molar-refractivity contribution in [3.05, 3.63) is 0 Å². The van der Waals surface area contributed by atoms with Crippen LogP contribution in [0, 0.1) is 11.8 Å². The van der Waals surface area contributed by atoms with E-state index in [0.29, 0.717) is 0 Å². The van der Waals surface area contributed by atoms with Crippen molar-refractivity contribution in [1.82, 2.24) is 10.2 Å². The van der Waals surface area contributed by atoms with Crippen LogP contribution in [0.15, 0.2) is 0 Å². The minimum atomic E-state index is 0.750. The van der Waals surface area contributed by atoms with Gasteiger partial charge in [-0.1, -0.05) is 40.0 Å². The van der Waals surface area contributed by atoms with Crippen LogP contribution >= 0.6 is 0 Å². The first-order valence-corrected chi connectivity index (χ1v) is 9.75. The smallest absolute Gasteiger partial charge is 0.0251 e. The molecule has 0 spiro atoms. The zero-order chi connectivity index (χ0) is 15.1. The van der Waals surface area contributed by atoms with E-state index >= 15 is 0 Å². The van der Waals surface area contributed by atoms with Gasteiger partial charge in [-0.2, -0.15) is 0 Å². The molecule has 1 aliphatic carbocycles. The molecule has 0 bridgehead atoms. The van der Waals surface area contributed by atoms with Crippen molar-refractivity contribution in [3.63, 3.8) is 0 Å². The minimum absolute atomic E-state index is 0.750. The molecule has 1 saturated heterocycles. The Labute approximate surface area is 133 Å². The molecule has 0 aromatic carbocycles. The standard InChI is InChI=1S/C19H38N2/c1-4-8-17-9-7-13-21(14-12-17)19-15-16(5-2)10-11-18(19)20-6-3/h16-20H,4-15H2,1-3H3. The number of likely N-dealkylation sites (N-methyl/N-ethyl adjacent to an activating group) is 1. The predicted octanol–water partition coefficient (Wildman–Crippen LogP) is 4.45. The van der Waals surface area contributed by atoms with Gasteiger partial charge in [0.15, 0.2) is 0 Å². The summed E-state index contributed by atoms with van der Waals surface area (Å²) in [5, 5.41) is 3.79.